The Hall–Kier alpha value is -2.57. The second-order valence-corrected chi connectivity index (χ2v) is 4.93. The molecule has 3 rings (SSSR count). The molecule has 1 aromatic carbocycles. The van der Waals surface area contributed by atoms with E-state index in [1.807, 2.05) is 0 Å². The van der Waals surface area contributed by atoms with E-state index in [0.717, 1.165) is 0 Å². The number of rotatable bonds is 1. The molecule has 104 valence electrons. The van der Waals surface area contributed by atoms with Crippen LogP contribution in [0.3, 0.4) is 0 Å². The van der Waals surface area contributed by atoms with Gasteiger partial charge in [0, 0.05) is 19.2 Å². The molecule has 1 unspecified atom stereocenters. The van der Waals surface area contributed by atoms with Crippen LogP contribution in [0.15, 0.2) is 23.0 Å². The SMILES string of the molecule is Cn1c(=O)n(C2CCC(=O)NC2=O)c2cc(N)ccc21. The van der Waals surface area contributed by atoms with Crippen LogP contribution >= 0.6 is 0 Å². The number of nitrogens with zero attached hydrogens (tertiary/aromatic N) is 2. The van der Waals surface area contributed by atoms with E-state index in [4.69, 9.17) is 5.73 Å². The minimum Gasteiger partial charge on any atom is -0.399 e. The van der Waals surface area contributed by atoms with Crippen molar-refractivity contribution in [2.75, 3.05) is 5.73 Å². The van der Waals surface area contributed by atoms with Crippen LogP contribution in [-0.4, -0.2) is 20.9 Å². The summed E-state index contributed by atoms with van der Waals surface area (Å²) in [4.78, 5) is 35.5. The summed E-state index contributed by atoms with van der Waals surface area (Å²) in [5.74, 6) is -0.752. The lowest BCUT2D eigenvalue weighted by molar-refractivity contribution is -0.135. The Morgan fingerprint density at radius 1 is 1.25 bits per heavy atom. The highest BCUT2D eigenvalue weighted by atomic mass is 16.2. The Morgan fingerprint density at radius 3 is 2.70 bits per heavy atom. The molecule has 2 aromatic rings. The number of hydrogen-bond donors (Lipinski definition) is 2. The maximum Gasteiger partial charge on any atom is 0.329 e. The highest BCUT2D eigenvalue weighted by molar-refractivity contribution is 6.00. The number of fused-ring (bicyclic) bond motifs is 1. The van der Waals surface area contributed by atoms with Crippen molar-refractivity contribution in [1.29, 1.82) is 0 Å². The molecule has 1 fully saturated rings. The van der Waals surface area contributed by atoms with Crippen LogP contribution in [0.2, 0.25) is 0 Å². The van der Waals surface area contributed by atoms with Gasteiger partial charge in [-0.15, -0.1) is 0 Å². The first-order valence-corrected chi connectivity index (χ1v) is 6.29. The largest absolute Gasteiger partial charge is 0.399 e. The molecule has 0 bridgehead atoms. The van der Waals surface area contributed by atoms with Gasteiger partial charge < -0.3 is 5.73 Å². The number of carbonyl (C=O) groups excluding carboxylic acids is 2. The van der Waals surface area contributed by atoms with Crippen LogP contribution in [0.25, 0.3) is 11.0 Å². The molecule has 0 spiro atoms. The predicted octanol–water partition coefficient (Wildman–Crippen LogP) is -0.100. The first-order chi connectivity index (χ1) is 9.49. The van der Waals surface area contributed by atoms with Gasteiger partial charge in [-0.1, -0.05) is 0 Å². The highest BCUT2D eigenvalue weighted by Crippen LogP contribution is 2.24. The van der Waals surface area contributed by atoms with Crippen molar-refractivity contribution in [1.82, 2.24) is 14.5 Å². The molecule has 1 aromatic heterocycles. The third-order valence-electron chi connectivity index (χ3n) is 3.64. The normalized spacial score (nSPS) is 19.4. The summed E-state index contributed by atoms with van der Waals surface area (Å²) >= 11 is 0. The summed E-state index contributed by atoms with van der Waals surface area (Å²) in [6.45, 7) is 0. The highest BCUT2D eigenvalue weighted by Gasteiger charge is 2.31. The van der Waals surface area contributed by atoms with Crippen LogP contribution in [0.1, 0.15) is 18.9 Å². The zero-order valence-electron chi connectivity index (χ0n) is 10.9. The summed E-state index contributed by atoms with van der Waals surface area (Å²) in [6, 6.07) is 4.44. The fraction of sp³-hybridized carbons (Fsp3) is 0.308. The van der Waals surface area contributed by atoms with E-state index in [1.54, 1.807) is 25.2 Å². The molecule has 0 radical (unpaired) electrons. The Bertz CT molecular complexity index is 787. The third kappa shape index (κ3) is 1.70. The molecule has 1 aliphatic rings. The number of benzene rings is 1. The van der Waals surface area contributed by atoms with Crippen LogP contribution < -0.4 is 16.7 Å². The molecule has 7 heteroatoms. The third-order valence-corrected chi connectivity index (χ3v) is 3.64. The number of carbonyl (C=O) groups is 2. The summed E-state index contributed by atoms with van der Waals surface area (Å²) in [5, 5.41) is 2.27. The van der Waals surface area contributed by atoms with E-state index in [-0.39, 0.29) is 18.0 Å². The van der Waals surface area contributed by atoms with Gasteiger partial charge >= 0.3 is 5.69 Å². The number of piperidine rings is 1. The lowest BCUT2D eigenvalue weighted by Crippen LogP contribution is -2.44. The number of aromatic nitrogens is 2. The van der Waals surface area contributed by atoms with Gasteiger partial charge in [-0.05, 0) is 24.6 Å². The first-order valence-electron chi connectivity index (χ1n) is 6.29. The summed E-state index contributed by atoms with van der Waals surface area (Å²) in [7, 11) is 1.64. The number of aryl methyl sites for hydroxylation is 1. The number of anilines is 1. The molecule has 2 amide bonds. The quantitative estimate of drug-likeness (QED) is 0.560. The minimum absolute atomic E-state index is 0.224. The van der Waals surface area contributed by atoms with Crippen LogP contribution in [0.5, 0.6) is 0 Å². The lowest BCUT2D eigenvalue weighted by atomic mass is 10.1. The summed E-state index contributed by atoms with van der Waals surface area (Å²) in [5.41, 5.74) is 7.29. The number of nitrogen functional groups attached to an aromatic ring is 1. The van der Waals surface area contributed by atoms with Gasteiger partial charge in [-0.2, -0.15) is 0 Å². The predicted molar refractivity (Wildman–Crippen MR) is 73.0 cm³/mol. The van der Waals surface area contributed by atoms with E-state index in [9.17, 15) is 14.4 Å². The van der Waals surface area contributed by atoms with Crippen molar-refractivity contribution in [2.24, 2.45) is 7.05 Å². The van der Waals surface area contributed by atoms with Crippen LogP contribution in [0.4, 0.5) is 5.69 Å². The first kappa shape index (κ1) is 12.5. The molecule has 1 aliphatic heterocycles. The molecular formula is C13H14N4O3. The topological polar surface area (TPSA) is 99.1 Å². The number of nitrogens with two attached hydrogens (primary N) is 1. The molecule has 0 saturated carbocycles. The van der Waals surface area contributed by atoms with Gasteiger partial charge in [0.2, 0.25) is 11.8 Å². The van der Waals surface area contributed by atoms with Crippen molar-refractivity contribution in [3.63, 3.8) is 0 Å². The fourth-order valence-electron chi connectivity index (χ4n) is 2.61. The zero-order valence-corrected chi connectivity index (χ0v) is 10.9. The van der Waals surface area contributed by atoms with Crippen molar-refractivity contribution in [3.8, 4) is 0 Å². The van der Waals surface area contributed by atoms with Crippen molar-refractivity contribution >= 4 is 28.5 Å². The van der Waals surface area contributed by atoms with Crippen molar-refractivity contribution < 1.29 is 9.59 Å². The van der Waals surface area contributed by atoms with E-state index >= 15 is 0 Å². The van der Waals surface area contributed by atoms with Crippen molar-refractivity contribution in [2.45, 2.75) is 18.9 Å². The standard InChI is InChI=1S/C13H14N4O3/c1-16-8-3-2-7(14)6-10(8)17(13(16)20)9-4-5-11(18)15-12(9)19/h2-3,6,9H,4-5,14H2,1H3,(H,15,18,19). The average molecular weight is 274 g/mol. The minimum atomic E-state index is -0.675. The second-order valence-electron chi connectivity index (χ2n) is 4.93. The zero-order chi connectivity index (χ0) is 14.4. The molecule has 3 N–H and O–H groups in total. The van der Waals surface area contributed by atoms with Gasteiger partial charge in [-0.25, -0.2) is 4.79 Å². The molecule has 1 saturated heterocycles. The Morgan fingerprint density at radius 2 is 2.00 bits per heavy atom. The molecule has 0 aliphatic carbocycles. The van der Waals surface area contributed by atoms with Crippen LogP contribution in [-0.2, 0) is 16.6 Å². The van der Waals surface area contributed by atoms with E-state index in [0.29, 0.717) is 23.1 Å². The van der Waals surface area contributed by atoms with Gasteiger partial charge in [-0.3, -0.25) is 24.0 Å². The maximum atomic E-state index is 12.3. The molecular weight excluding hydrogens is 260 g/mol. The summed E-state index contributed by atoms with van der Waals surface area (Å²) in [6.07, 6.45) is 0.542. The number of imide groups is 1. The van der Waals surface area contributed by atoms with Gasteiger partial charge in [0.25, 0.3) is 0 Å². The number of amides is 2. The van der Waals surface area contributed by atoms with Gasteiger partial charge in [0.15, 0.2) is 0 Å². The molecule has 2 heterocycles. The van der Waals surface area contributed by atoms with Gasteiger partial charge in [0.1, 0.15) is 6.04 Å². The van der Waals surface area contributed by atoms with E-state index in [2.05, 4.69) is 5.32 Å². The van der Waals surface area contributed by atoms with E-state index < -0.39 is 11.9 Å². The monoisotopic (exact) mass is 274 g/mol. The Balaban J connectivity index is 2.23. The Labute approximate surface area is 114 Å². The summed E-state index contributed by atoms with van der Waals surface area (Å²) < 4.78 is 2.88. The van der Waals surface area contributed by atoms with E-state index in [1.165, 1.54) is 9.13 Å². The van der Waals surface area contributed by atoms with Crippen molar-refractivity contribution in [3.05, 3.63) is 28.7 Å². The number of imidazole rings is 1. The second kappa shape index (κ2) is 4.22. The molecule has 1 atom stereocenters. The average Bonchev–Trinajstić information content (AvgIpc) is 2.63. The van der Waals surface area contributed by atoms with Crippen LogP contribution in [0, 0.1) is 0 Å². The fourth-order valence-corrected chi connectivity index (χ4v) is 2.61. The Kier molecular flexibility index (Phi) is 2.63. The van der Waals surface area contributed by atoms with Gasteiger partial charge in [0.05, 0.1) is 11.0 Å². The number of hydrogen-bond acceptors (Lipinski definition) is 4. The number of nitrogens with one attached hydrogen (secondary N) is 1. The smallest absolute Gasteiger partial charge is 0.329 e. The molecule has 20 heavy (non-hydrogen) atoms. The molecule has 7 nitrogen and oxygen atoms in total. The lowest BCUT2D eigenvalue weighted by Gasteiger charge is -2.21. The maximum absolute atomic E-state index is 12.3.